The molecule has 0 rings (SSSR count). The fourth-order valence-electron chi connectivity index (χ4n) is 1.32. The summed E-state index contributed by atoms with van der Waals surface area (Å²) >= 11 is 0. The maximum atomic E-state index is 9.96. The van der Waals surface area contributed by atoms with E-state index in [0.29, 0.717) is 6.61 Å². The van der Waals surface area contributed by atoms with Crippen LogP contribution in [0.5, 0.6) is 0 Å². The van der Waals surface area contributed by atoms with Gasteiger partial charge in [0.2, 0.25) is 0 Å². The lowest BCUT2D eigenvalue weighted by atomic mass is 9.95. The standard InChI is InChI=1S/C13H30O3Si/c1-10(8-14)12(15)11(2)9-16-17(6,7)13(3,4)5/h10-12,14-15H,8-9H2,1-7H3/t10-,11-,12-/m0/s1. The molecule has 3 nitrogen and oxygen atoms in total. The number of rotatable bonds is 6. The van der Waals surface area contributed by atoms with E-state index < -0.39 is 14.4 Å². The zero-order valence-electron chi connectivity index (χ0n) is 12.4. The Labute approximate surface area is 107 Å². The summed E-state index contributed by atoms with van der Waals surface area (Å²) in [5.74, 6) is -0.0284. The molecule has 0 radical (unpaired) electrons. The van der Waals surface area contributed by atoms with Crippen molar-refractivity contribution in [1.82, 2.24) is 0 Å². The van der Waals surface area contributed by atoms with E-state index in [9.17, 15) is 5.11 Å². The highest BCUT2D eigenvalue weighted by atomic mass is 28.4. The zero-order chi connectivity index (χ0) is 13.9. The lowest BCUT2D eigenvalue weighted by Gasteiger charge is -2.37. The smallest absolute Gasteiger partial charge is 0.191 e. The number of aliphatic hydroxyl groups is 2. The Balaban J connectivity index is 4.29. The van der Waals surface area contributed by atoms with Gasteiger partial charge in [-0.3, -0.25) is 0 Å². The van der Waals surface area contributed by atoms with E-state index in [4.69, 9.17) is 9.53 Å². The van der Waals surface area contributed by atoms with E-state index in [2.05, 4.69) is 33.9 Å². The first kappa shape index (κ1) is 17.1. The summed E-state index contributed by atoms with van der Waals surface area (Å²) in [4.78, 5) is 0. The summed E-state index contributed by atoms with van der Waals surface area (Å²) in [5.41, 5.74) is 0. The van der Waals surface area contributed by atoms with E-state index in [0.717, 1.165) is 0 Å². The first-order valence-electron chi connectivity index (χ1n) is 6.46. The van der Waals surface area contributed by atoms with Crippen molar-refractivity contribution in [2.75, 3.05) is 13.2 Å². The third kappa shape index (κ3) is 5.08. The molecule has 4 heteroatoms. The van der Waals surface area contributed by atoms with Gasteiger partial charge in [-0.1, -0.05) is 34.6 Å². The van der Waals surface area contributed by atoms with Crippen molar-refractivity contribution in [2.45, 2.75) is 58.9 Å². The summed E-state index contributed by atoms with van der Waals surface area (Å²) < 4.78 is 6.07. The second-order valence-electron chi connectivity index (χ2n) is 6.70. The van der Waals surface area contributed by atoms with Crippen molar-refractivity contribution >= 4 is 8.32 Å². The normalized spacial score (nSPS) is 18.9. The molecule has 104 valence electrons. The molecule has 0 heterocycles. The van der Waals surface area contributed by atoms with Crippen molar-refractivity contribution in [3.05, 3.63) is 0 Å². The highest BCUT2D eigenvalue weighted by Crippen LogP contribution is 2.36. The quantitative estimate of drug-likeness (QED) is 0.724. The van der Waals surface area contributed by atoms with Crippen molar-refractivity contribution in [3.63, 3.8) is 0 Å². The summed E-state index contributed by atoms with van der Waals surface area (Å²) in [6.07, 6.45) is -0.496. The molecule has 0 aromatic carbocycles. The molecule has 2 N–H and O–H groups in total. The lowest BCUT2D eigenvalue weighted by Crippen LogP contribution is -2.43. The van der Waals surface area contributed by atoms with Crippen LogP contribution in [0, 0.1) is 11.8 Å². The molecule has 0 bridgehead atoms. The average Bonchev–Trinajstić information content (AvgIpc) is 2.22. The molecule has 0 saturated heterocycles. The fraction of sp³-hybridized carbons (Fsp3) is 1.00. The Morgan fingerprint density at radius 1 is 1.12 bits per heavy atom. The topological polar surface area (TPSA) is 49.7 Å². The molecule has 0 unspecified atom stereocenters. The molecule has 17 heavy (non-hydrogen) atoms. The molecule has 0 saturated carbocycles. The molecule has 0 spiro atoms. The zero-order valence-corrected chi connectivity index (χ0v) is 13.4. The van der Waals surface area contributed by atoms with E-state index in [1.807, 2.05) is 13.8 Å². The fourth-order valence-corrected chi connectivity index (χ4v) is 2.44. The van der Waals surface area contributed by atoms with Gasteiger partial charge in [-0.2, -0.15) is 0 Å². The molecular formula is C13H30O3Si. The third-order valence-corrected chi connectivity index (χ3v) is 8.47. The first-order chi connectivity index (χ1) is 7.53. The van der Waals surface area contributed by atoms with Gasteiger partial charge in [-0.15, -0.1) is 0 Å². The Morgan fingerprint density at radius 2 is 1.59 bits per heavy atom. The number of hydrogen-bond donors (Lipinski definition) is 2. The van der Waals surface area contributed by atoms with Crippen molar-refractivity contribution in [2.24, 2.45) is 11.8 Å². The molecule has 0 aliphatic heterocycles. The molecule has 3 atom stereocenters. The van der Waals surface area contributed by atoms with Crippen LogP contribution in [-0.4, -0.2) is 37.8 Å². The molecular weight excluding hydrogens is 232 g/mol. The van der Waals surface area contributed by atoms with Gasteiger partial charge < -0.3 is 14.6 Å². The SMILES string of the molecule is C[C@@H](CO)[C@H](O)[C@@H](C)CO[Si](C)(C)C(C)(C)C. The Bertz CT molecular complexity index is 223. The van der Waals surface area contributed by atoms with Crippen LogP contribution in [-0.2, 0) is 4.43 Å². The summed E-state index contributed by atoms with van der Waals surface area (Å²) in [7, 11) is -1.73. The van der Waals surface area contributed by atoms with E-state index in [-0.39, 0.29) is 23.5 Å². The second-order valence-corrected chi connectivity index (χ2v) is 11.5. The van der Waals surface area contributed by atoms with Crippen LogP contribution in [0.3, 0.4) is 0 Å². The van der Waals surface area contributed by atoms with E-state index in [1.54, 1.807) is 0 Å². The maximum Gasteiger partial charge on any atom is 0.191 e. The van der Waals surface area contributed by atoms with Crippen LogP contribution in [0.15, 0.2) is 0 Å². The maximum absolute atomic E-state index is 9.96. The molecule has 0 amide bonds. The van der Waals surface area contributed by atoms with Gasteiger partial charge in [-0.05, 0) is 18.1 Å². The summed E-state index contributed by atoms with van der Waals surface area (Å²) in [6.45, 7) is 15.5. The highest BCUT2D eigenvalue weighted by molar-refractivity contribution is 6.74. The van der Waals surface area contributed by atoms with Gasteiger partial charge in [-0.25, -0.2) is 0 Å². The van der Waals surface area contributed by atoms with Crippen LogP contribution < -0.4 is 0 Å². The Hall–Kier alpha value is 0.0969. The predicted octanol–water partition coefficient (Wildman–Crippen LogP) is 2.63. The van der Waals surface area contributed by atoms with Gasteiger partial charge in [0.05, 0.1) is 6.10 Å². The monoisotopic (exact) mass is 262 g/mol. The van der Waals surface area contributed by atoms with Gasteiger partial charge >= 0.3 is 0 Å². The minimum Gasteiger partial charge on any atom is -0.416 e. The predicted molar refractivity (Wildman–Crippen MR) is 74.6 cm³/mol. The molecule has 0 aromatic rings. The van der Waals surface area contributed by atoms with Gasteiger partial charge in [0.15, 0.2) is 8.32 Å². The highest BCUT2D eigenvalue weighted by Gasteiger charge is 2.37. The minimum absolute atomic E-state index is 0.0194. The summed E-state index contributed by atoms with van der Waals surface area (Å²) in [6, 6.07) is 0. The van der Waals surface area contributed by atoms with E-state index in [1.165, 1.54) is 0 Å². The number of hydrogen-bond acceptors (Lipinski definition) is 3. The van der Waals surface area contributed by atoms with E-state index >= 15 is 0 Å². The van der Waals surface area contributed by atoms with Gasteiger partial charge in [0, 0.05) is 25.0 Å². The van der Waals surface area contributed by atoms with Gasteiger partial charge in [0.25, 0.3) is 0 Å². The third-order valence-electron chi connectivity index (χ3n) is 3.97. The van der Waals surface area contributed by atoms with Crippen LogP contribution in [0.2, 0.25) is 18.1 Å². The minimum atomic E-state index is -1.73. The van der Waals surface area contributed by atoms with Gasteiger partial charge in [0.1, 0.15) is 0 Å². The van der Waals surface area contributed by atoms with Crippen molar-refractivity contribution < 1.29 is 14.6 Å². The second kappa shape index (κ2) is 6.32. The molecule has 0 aliphatic rings. The molecule has 0 aromatic heterocycles. The molecule has 0 fully saturated rings. The Morgan fingerprint density at radius 3 is 1.94 bits per heavy atom. The Kier molecular flexibility index (Phi) is 6.35. The van der Waals surface area contributed by atoms with Crippen LogP contribution in [0.4, 0.5) is 0 Å². The first-order valence-corrected chi connectivity index (χ1v) is 9.36. The van der Waals surface area contributed by atoms with Crippen LogP contribution in [0.1, 0.15) is 34.6 Å². The summed E-state index contributed by atoms with van der Waals surface area (Å²) in [5, 5.41) is 19.2. The van der Waals surface area contributed by atoms with Crippen molar-refractivity contribution in [3.8, 4) is 0 Å². The van der Waals surface area contributed by atoms with Crippen molar-refractivity contribution in [1.29, 1.82) is 0 Å². The van der Waals surface area contributed by atoms with Crippen LogP contribution in [0.25, 0.3) is 0 Å². The average molecular weight is 262 g/mol. The van der Waals surface area contributed by atoms with Crippen LogP contribution >= 0.6 is 0 Å². The molecule has 0 aliphatic carbocycles. The lowest BCUT2D eigenvalue weighted by molar-refractivity contribution is 0.0178. The number of aliphatic hydroxyl groups excluding tert-OH is 2. The largest absolute Gasteiger partial charge is 0.416 e.